The predicted molar refractivity (Wildman–Crippen MR) is 59.1 cm³/mol. The normalized spacial score (nSPS) is 25.8. The third-order valence-corrected chi connectivity index (χ3v) is 2.46. The van der Waals surface area contributed by atoms with Gasteiger partial charge in [0.2, 0.25) is 5.91 Å². The van der Waals surface area contributed by atoms with Gasteiger partial charge in [0.05, 0.1) is 18.8 Å². The van der Waals surface area contributed by atoms with Gasteiger partial charge in [-0.2, -0.15) is 0 Å². The van der Waals surface area contributed by atoms with Crippen LogP contribution in [0.5, 0.6) is 0 Å². The molecule has 0 aromatic rings. The van der Waals surface area contributed by atoms with Crippen LogP contribution in [0.3, 0.4) is 0 Å². The number of carbonyl (C=O) groups excluding carboxylic acids is 1. The van der Waals surface area contributed by atoms with E-state index >= 15 is 0 Å². The van der Waals surface area contributed by atoms with E-state index in [1.54, 1.807) is 4.90 Å². The van der Waals surface area contributed by atoms with E-state index in [9.17, 15) is 4.79 Å². The number of ether oxygens (including phenoxy) is 2. The van der Waals surface area contributed by atoms with Gasteiger partial charge in [0.15, 0.2) is 0 Å². The fourth-order valence-electron chi connectivity index (χ4n) is 1.74. The third-order valence-electron chi connectivity index (χ3n) is 2.46. The molecule has 0 aromatic heterocycles. The van der Waals surface area contributed by atoms with Gasteiger partial charge in [-0.15, -0.1) is 0 Å². The second-order valence-electron chi connectivity index (χ2n) is 4.10. The van der Waals surface area contributed by atoms with Crippen LogP contribution in [0.15, 0.2) is 0 Å². The maximum atomic E-state index is 11.7. The Labute approximate surface area is 96.3 Å². The van der Waals surface area contributed by atoms with Crippen molar-refractivity contribution in [1.82, 2.24) is 4.90 Å². The Balaban J connectivity index is 2.36. The Bertz CT molecular complexity index is 222. The summed E-state index contributed by atoms with van der Waals surface area (Å²) in [5, 5.41) is 9.03. The summed E-state index contributed by atoms with van der Waals surface area (Å²) in [7, 11) is 0. The monoisotopic (exact) mass is 231 g/mol. The second-order valence-corrected chi connectivity index (χ2v) is 4.10. The van der Waals surface area contributed by atoms with Crippen molar-refractivity contribution in [2.45, 2.75) is 32.5 Å². The third kappa shape index (κ3) is 4.08. The molecule has 1 aliphatic heterocycles. The Morgan fingerprint density at radius 3 is 2.94 bits per heavy atom. The molecule has 0 bridgehead atoms. The van der Waals surface area contributed by atoms with Crippen molar-refractivity contribution in [1.29, 1.82) is 0 Å². The SMILES string of the molecule is CCCOCC(=O)N1CC(C)OC(CO)C1. The maximum absolute atomic E-state index is 11.7. The highest BCUT2D eigenvalue weighted by Crippen LogP contribution is 2.10. The summed E-state index contributed by atoms with van der Waals surface area (Å²) in [6.07, 6.45) is 0.617. The number of carbonyl (C=O) groups is 1. The average molecular weight is 231 g/mol. The quantitative estimate of drug-likeness (QED) is 0.678. The van der Waals surface area contributed by atoms with Gasteiger partial charge in [-0.1, -0.05) is 6.92 Å². The van der Waals surface area contributed by atoms with Crippen LogP contribution < -0.4 is 0 Å². The highest BCUT2D eigenvalue weighted by molar-refractivity contribution is 5.77. The smallest absolute Gasteiger partial charge is 0.248 e. The molecule has 1 saturated heterocycles. The topological polar surface area (TPSA) is 59.0 Å². The fourth-order valence-corrected chi connectivity index (χ4v) is 1.74. The molecule has 1 aliphatic rings. The number of aliphatic hydroxyl groups is 1. The number of hydrogen-bond donors (Lipinski definition) is 1. The summed E-state index contributed by atoms with van der Waals surface area (Å²) in [4.78, 5) is 13.4. The lowest BCUT2D eigenvalue weighted by Crippen LogP contribution is -2.51. The molecule has 0 spiro atoms. The van der Waals surface area contributed by atoms with E-state index in [0.29, 0.717) is 19.7 Å². The molecule has 5 heteroatoms. The molecule has 2 atom stereocenters. The van der Waals surface area contributed by atoms with E-state index in [2.05, 4.69) is 0 Å². The van der Waals surface area contributed by atoms with Crippen LogP contribution in [0.2, 0.25) is 0 Å². The zero-order valence-corrected chi connectivity index (χ0v) is 10.0. The number of morpholine rings is 1. The van der Waals surface area contributed by atoms with E-state index in [4.69, 9.17) is 14.6 Å². The lowest BCUT2D eigenvalue weighted by atomic mass is 10.2. The van der Waals surface area contributed by atoms with Gasteiger partial charge >= 0.3 is 0 Å². The average Bonchev–Trinajstić information content (AvgIpc) is 2.28. The molecule has 5 nitrogen and oxygen atoms in total. The molecule has 1 fully saturated rings. The summed E-state index contributed by atoms with van der Waals surface area (Å²) in [6, 6.07) is 0. The molecule has 1 N–H and O–H groups in total. The Kier molecular flexibility index (Phi) is 5.73. The van der Waals surface area contributed by atoms with Gasteiger partial charge in [0.25, 0.3) is 0 Å². The highest BCUT2D eigenvalue weighted by atomic mass is 16.5. The van der Waals surface area contributed by atoms with Gasteiger partial charge in [0, 0.05) is 19.7 Å². The highest BCUT2D eigenvalue weighted by Gasteiger charge is 2.27. The van der Waals surface area contributed by atoms with E-state index < -0.39 is 0 Å². The van der Waals surface area contributed by atoms with Crippen molar-refractivity contribution >= 4 is 5.91 Å². The minimum atomic E-state index is -0.265. The predicted octanol–water partition coefficient (Wildman–Crippen LogP) is 0.0212. The van der Waals surface area contributed by atoms with Gasteiger partial charge in [-0.25, -0.2) is 0 Å². The number of hydrogen-bond acceptors (Lipinski definition) is 4. The van der Waals surface area contributed by atoms with Crippen molar-refractivity contribution in [3.63, 3.8) is 0 Å². The zero-order chi connectivity index (χ0) is 12.0. The summed E-state index contributed by atoms with van der Waals surface area (Å²) < 4.78 is 10.7. The van der Waals surface area contributed by atoms with Crippen molar-refractivity contribution in [3.05, 3.63) is 0 Å². The molecule has 0 saturated carbocycles. The van der Waals surface area contributed by atoms with Crippen molar-refractivity contribution in [2.75, 3.05) is 32.9 Å². The number of rotatable bonds is 5. The Morgan fingerprint density at radius 2 is 2.31 bits per heavy atom. The molecular weight excluding hydrogens is 210 g/mol. The van der Waals surface area contributed by atoms with Crippen LogP contribution in [0.25, 0.3) is 0 Å². The molecule has 0 aliphatic carbocycles. The molecule has 1 heterocycles. The zero-order valence-electron chi connectivity index (χ0n) is 10.0. The number of aliphatic hydroxyl groups excluding tert-OH is 1. The van der Waals surface area contributed by atoms with Gasteiger partial charge in [-0.3, -0.25) is 4.79 Å². The number of amides is 1. The van der Waals surface area contributed by atoms with Gasteiger partial charge < -0.3 is 19.5 Å². The van der Waals surface area contributed by atoms with Crippen LogP contribution in [0.4, 0.5) is 0 Å². The lowest BCUT2D eigenvalue weighted by Gasteiger charge is -2.36. The molecule has 2 unspecified atom stereocenters. The van der Waals surface area contributed by atoms with Crippen LogP contribution in [-0.4, -0.2) is 61.0 Å². The molecule has 16 heavy (non-hydrogen) atoms. The Morgan fingerprint density at radius 1 is 1.56 bits per heavy atom. The molecule has 1 amide bonds. The lowest BCUT2D eigenvalue weighted by molar-refractivity contribution is -0.151. The van der Waals surface area contributed by atoms with E-state index in [1.807, 2.05) is 13.8 Å². The standard InChI is InChI=1S/C11H21NO4/c1-3-4-15-8-11(14)12-5-9(2)16-10(6-12)7-13/h9-10,13H,3-8H2,1-2H3. The first-order chi connectivity index (χ1) is 7.67. The van der Waals surface area contributed by atoms with Gasteiger partial charge in [-0.05, 0) is 13.3 Å². The van der Waals surface area contributed by atoms with E-state index in [0.717, 1.165) is 6.42 Å². The van der Waals surface area contributed by atoms with E-state index in [1.165, 1.54) is 0 Å². The van der Waals surface area contributed by atoms with Crippen LogP contribution in [0, 0.1) is 0 Å². The van der Waals surface area contributed by atoms with E-state index in [-0.39, 0.29) is 31.3 Å². The van der Waals surface area contributed by atoms with Crippen molar-refractivity contribution in [3.8, 4) is 0 Å². The Hall–Kier alpha value is -0.650. The minimum absolute atomic E-state index is 0.0259. The summed E-state index contributed by atoms with van der Waals surface area (Å²) in [5.41, 5.74) is 0. The molecular formula is C11H21NO4. The molecule has 0 radical (unpaired) electrons. The first kappa shape index (κ1) is 13.4. The largest absolute Gasteiger partial charge is 0.394 e. The molecule has 1 rings (SSSR count). The molecule has 94 valence electrons. The van der Waals surface area contributed by atoms with Crippen molar-refractivity contribution < 1.29 is 19.4 Å². The van der Waals surface area contributed by atoms with Gasteiger partial charge in [0.1, 0.15) is 6.61 Å². The second kappa shape index (κ2) is 6.83. The summed E-state index contributed by atoms with van der Waals surface area (Å²) in [5.74, 6) is -0.0259. The fraction of sp³-hybridized carbons (Fsp3) is 0.909. The molecule has 0 aromatic carbocycles. The number of nitrogens with zero attached hydrogens (tertiary/aromatic N) is 1. The van der Waals surface area contributed by atoms with Crippen LogP contribution in [-0.2, 0) is 14.3 Å². The summed E-state index contributed by atoms with van der Waals surface area (Å²) in [6.45, 7) is 5.61. The first-order valence-corrected chi connectivity index (χ1v) is 5.79. The summed E-state index contributed by atoms with van der Waals surface area (Å²) >= 11 is 0. The first-order valence-electron chi connectivity index (χ1n) is 5.79. The maximum Gasteiger partial charge on any atom is 0.248 e. The van der Waals surface area contributed by atoms with Crippen molar-refractivity contribution in [2.24, 2.45) is 0 Å². The minimum Gasteiger partial charge on any atom is -0.394 e. The van der Waals surface area contributed by atoms with Crippen LogP contribution >= 0.6 is 0 Å². The van der Waals surface area contributed by atoms with Crippen LogP contribution in [0.1, 0.15) is 20.3 Å².